The summed E-state index contributed by atoms with van der Waals surface area (Å²) >= 11 is 0. The molecule has 216 valence electrons. The fraction of sp³-hybridized carbons (Fsp3) is 0.567. The molecule has 0 fully saturated rings. The monoisotopic (exact) mass is 543 g/mol. The SMILES string of the molecule is COC(=O)[C@H](Cc1ccc(CCCCc2cccc(N(C)C(O)OC(C)(C)C)n2)cc1)NC(=O)OC(C)(C)C. The highest BCUT2D eigenvalue weighted by molar-refractivity contribution is 5.81. The topological polar surface area (TPSA) is 110 Å². The van der Waals surface area contributed by atoms with Crippen molar-refractivity contribution in [1.82, 2.24) is 10.3 Å². The number of esters is 1. The number of alkyl carbamates (subject to hydrolysis) is 1. The first-order chi connectivity index (χ1) is 18.2. The first-order valence-corrected chi connectivity index (χ1v) is 13.4. The van der Waals surface area contributed by atoms with Crippen LogP contribution in [0.3, 0.4) is 0 Å². The highest BCUT2D eigenvalue weighted by Crippen LogP contribution is 2.18. The van der Waals surface area contributed by atoms with Crippen LogP contribution < -0.4 is 10.2 Å². The Morgan fingerprint density at radius 1 is 0.949 bits per heavy atom. The molecule has 1 amide bonds. The molecule has 9 nitrogen and oxygen atoms in total. The van der Waals surface area contributed by atoms with Crippen LogP contribution in [0.5, 0.6) is 0 Å². The van der Waals surface area contributed by atoms with Crippen molar-refractivity contribution in [3.05, 3.63) is 59.3 Å². The summed E-state index contributed by atoms with van der Waals surface area (Å²) in [5.41, 5.74) is 1.93. The van der Waals surface area contributed by atoms with Crippen molar-refractivity contribution in [2.24, 2.45) is 0 Å². The summed E-state index contributed by atoms with van der Waals surface area (Å²) in [4.78, 5) is 30.6. The molecule has 2 atom stereocenters. The third-order valence-corrected chi connectivity index (χ3v) is 5.73. The number of anilines is 1. The van der Waals surface area contributed by atoms with Gasteiger partial charge in [-0.1, -0.05) is 30.3 Å². The van der Waals surface area contributed by atoms with Gasteiger partial charge in [-0.2, -0.15) is 0 Å². The molecule has 9 heteroatoms. The molecule has 0 bridgehead atoms. The molecule has 0 aliphatic rings. The number of aryl methyl sites for hydroxylation is 2. The number of carbonyl (C=O) groups is 2. The van der Waals surface area contributed by atoms with E-state index in [0.29, 0.717) is 12.2 Å². The second-order valence-corrected chi connectivity index (χ2v) is 11.6. The Morgan fingerprint density at radius 3 is 2.15 bits per heavy atom. The molecule has 0 saturated heterocycles. The molecule has 0 saturated carbocycles. The van der Waals surface area contributed by atoms with Gasteiger partial charge >= 0.3 is 12.1 Å². The Balaban J connectivity index is 1.86. The van der Waals surface area contributed by atoms with Gasteiger partial charge in [0, 0.05) is 19.2 Å². The van der Waals surface area contributed by atoms with Gasteiger partial charge in [0.1, 0.15) is 17.5 Å². The minimum Gasteiger partial charge on any atom is -0.467 e. The Kier molecular flexibility index (Phi) is 11.7. The van der Waals surface area contributed by atoms with Crippen LogP contribution in [-0.4, -0.2) is 60.0 Å². The van der Waals surface area contributed by atoms with Gasteiger partial charge in [-0.15, -0.1) is 0 Å². The predicted octanol–water partition coefficient (Wildman–Crippen LogP) is 4.78. The van der Waals surface area contributed by atoms with E-state index in [1.807, 2.05) is 63.2 Å². The molecule has 0 aliphatic heterocycles. The Hall–Kier alpha value is -3.17. The third-order valence-electron chi connectivity index (χ3n) is 5.73. The normalized spacial score (nSPS) is 13.4. The van der Waals surface area contributed by atoms with E-state index in [0.717, 1.165) is 36.9 Å². The van der Waals surface area contributed by atoms with E-state index in [1.54, 1.807) is 32.7 Å². The number of hydrogen-bond donors (Lipinski definition) is 2. The molecular weight excluding hydrogens is 498 g/mol. The highest BCUT2D eigenvalue weighted by atomic mass is 16.6. The number of amides is 1. The fourth-order valence-electron chi connectivity index (χ4n) is 3.81. The van der Waals surface area contributed by atoms with E-state index in [4.69, 9.17) is 14.2 Å². The van der Waals surface area contributed by atoms with E-state index in [1.165, 1.54) is 12.7 Å². The van der Waals surface area contributed by atoms with Crippen molar-refractivity contribution in [3.8, 4) is 0 Å². The minimum atomic E-state index is -1.08. The van der Waals surface area contributed by atoms with Crippen molar-refractivity contribution in [1.29, 1.82) is 0 Å². The second kappa shape index (κ2) is 14.3. The van der Waals surface area contributed by atoms with E-state index in [9.17, 15) is 14.7 Å². The van der Waals surface area contributed by atoms with Crippen molar-refractivity contribution >= 4 is 17.9 Å². The lowest BCUT2D eigenvalue weighted by Crippen LogP contribution is -2.45. The van der Waals surface area contributed by atoms with Crippen molar-refractivity contribution < 1.29 is 28.9 Å². The molecule has 1 heterocycles. The number of aromatic nitrogens is 1. The number of nitrogens with zero attached hydrogens (tertiary/aromatic N) is 2. The van der Waals surface area contributed by atoms with Crippen LogP contribution in [0.25, 0.3) is 0 Å². The Morgan fingerprint density at radius 2 is 1.56 bits per heavy atom. The summed E-state index contributed by atoms with van der Waals surface area (Å²) in [5.74, 6) is 0.135. The number of benzene rings is 1. The third kappa shape index (κ3) is 12.0. The molecule has 39 heavy (non-hydrogen) atoms. The van der Waals surface area contributed by atoms with Crippen molar-refractivity contribution in [3.63, 3.8) is 0 Å². The van der Waals surface area contributed by atoms with Gasteiger partial charge in [-0.25, -0.2) is 14.6 Å². The maximum atomic E-state index is 12.2. The molecule has 2 N–H and O–H groups in total. The fourth-order valence-corrected chi connectivity index (χ4v) is 3.81. The van der Waals surface area contributed by atoms with Gasteiger partial charge in [0.15, 0.2) is 0 Å². The summed E-state index contributed by atoms with van der Waals surface area (Å²) in [5, 5.41) is 12.9. The van der Waals surface area contributed by atoms with Crippen LogP contribution in [0.4, 0.5) is 10.6 Å². The number of nitrogens with one attached hydrogen (secondary N) is 1. The molecule has 1 unspecified atom stereocenters. The average molecular weight is 544 g/mol. The van der Waals surface area contributed by atoms with E-state index < -0.39 is 35.7 Å². The van der Waals surface area contributed by atoms with Gasteiger partial charge in [0.25, 0.3) is 0 Å². The maximum Gasteiger partial charge on any atom is 0.408 e. The minimum absolute atomic E-state index is 0.304. The van der Waals surface area contributed by atoms with Crippen LogP contribution >= 0.6 is 0 Å². The lowest BCUT2D eigenvalue weighted by Gasteiger charge is -2.30. The van der Waals surface area contributed by atoms with Gasteiger partial charge in [0.05, 0.1) is 12.7 Å². The summed E-state index contributed by atoms with van der Waals surface area (Å²) in [7, 11) is 3.05. The summed E-state index contributed by atoms with van der Waals surface area (Å²) in [6.45, 7) is 11.0. The molecule has 1 aromatic carbocycles. The number of aliphatic hydroxyl groups excluding tert-OH is 1. The maximum absolute atomic E-state index is 12.2. The molecule has 2 rings (SSSR count). The lowest BCUT2D eigenvalue weighted by molar-refractivity contribution is -0.163. The summed E-state index contributed by atoms with van der Waals surface area (Å²) in [6.07, 6.45) is 2.26. The zero-order chi connectivity index (χ0) is 29.2. The van der Waals surface area contributed by atoms with Gasteiger partial charge < -0.3 is 29.5 Å². The van der Waals surface area contributed by atoms with E-state index in [2.05, 4.69) is 10.3 Å². The van der Waals surface area contributed by atoms with Crippen LogP contribution in [-0.2, 0) is 38.3 Å². The Labute approximate surface area is 232 Å². The highest BCUT2D eigenvalue weighted by Gasteiger charge is 2.25. The van der Waals surface area contributed by atoms with Crippen LogP contribution in [0.2, 0.25) is 0 Å². The molecule has 0 aliphatic carbocycles. The van der Waals surface area contributed by atoms with Crippen LogP contribution in [0.15, 0.2) is 42.5 Å². The number of methoxy groups -OCH3 is 1. The molecular formula is C30H45N3O6. The quantitative estimate of drug-likeness (QED) is 0.224. The van der Waals surface area contributed by atoms with Crippen LogP contribution in [0.1, 0.15) is 71.2 Å². The molecule has 2 aromatic rings. The second-order valence-electron chi connectivity index (χ2n) is 11.6. The standard InChI is InChI=1S/C30H45N3O6/c1-29(2,3)38-27(35)32-24(26(34)37-8)20-22-18-16-21(17-19-22)12-9-10-13-23-14-11-15-25(31-23)33(7)28(36)39-30(4,5)6/h11,14-19,24,28,36H,9-10,12-13,20H2,1-8H3,(H,32,35)/t24-,28?/m0/s1. The Bertz CT molecular complexity index is 1060. The number of rotatable bonds is 12. The van der Waals surface area contributed by atoms with E-state index in [-0.39, 0.29) is 0 Å². The van der Waals surface area contributed by atoms with E-state index >= 15 is 0 Å². The zero-order valence-electron chi connectivity index (χ0n) is 24.6. The van der Waals surface area contributed by atoms with Gasteiger partial charge in [-0.05, 0) is 90.5 Å². The first kappa shape index (κ1) is 32.0. The average Bonchev–Trinajstić information content (AvgIpc) is 2.84. The number of hydrogen-bond acceptors (Lipinski definition) is 8. The molecule has 0 radical (unpaired) electrons. The van der Waals surface area contributed by atoms with Crippen molar-refractivity contribution in [2.45, 2.75) is 97.3 Å². The number of carbonyl (C=O) groups excluding carboxylic acids is 2. The number of unbranched alkanes of at least 4 members (excludes halogenated alkanes) is 1. The predicted molar refractivity (Wildman–Crippen MR) is 151 cm³/mol. The van der Waals surface area contributed by atoms with Crippen LogP contribution in [0, 0.1) is 0 Å². The summed E-state index contributed by atoms with van der Waals surface area (Å²) in [6, 6.07) is 13.0. The number of pyridine rings is 1. The van der Waals surface area contributed by atoms with Gasteiger partial charge in [0.2, 0.25) is 6.41 Å². The molecule has 0 spiro atoms. The largest absolute Gasteiger partial charge is 0.467 e. The summed E-state index contributed by atoms with van der Waals surface area (Å²) < 4.78 is 15.7. The first-order valence-electron chi connectivity index (χ1n) is 13.4. The number of aliphatic hydroxyl groups is 1. The smallest absolute Gasteiger partial charge is 0.408 e. The van der Waals surface area contributed by atoms with Crippen molar-refractivity contribution in [2.75, 3.05) is 19.1 Å². The lowest BCUT2D eigenvalue weighted by atomic mass is 10.0. The number of ether oxygens (including phenoxy) is 3. The zero-order valence-corrected chi connectivity index (χ0v) is 24.6. The molecule has 1 aromatic heterocycles. The van der Waals surface area contributed by atoms with Gasteiger partial charge in [-0.3, -0.25) is 0 Å².